The molecule has 3 aromatic rings. The number of rotatable bonds is 6. The average Bonchev–Trinajstić information content (AvgIpc) is 2.69. The number of carbonyl (C=O) groups is 1. The third-order valence-corrected chi connectivity index (χ3v) is 3.94. The topological polar surface area (TPSA) is 67.3 Å². The summed E-state index contributed by atoms with van der Waals surface area (Å²) >= 11 is 0. The molecule has 0 saturated carbocycles. The molecule has 138 valence electrons. The fourth-order valence-electron chi connectivity index (χ4n) is 2.60. The van der Waals surface area contributed by atoms with Crippen molar-refractivity contribution in [3.05, 3.63) is 72.1 Å². The molecular formula is C21H22N4O2. The van der Waals surface area contributed by atoms with Gasteiger partial charge in [0, 0.05) is 24.1 Å². The molecule has 0 atom stereocenters. The van der Waals surface area contributed by atoms with Crippen LogP contribution in [0.3, 0.4) is 0 Å². The molecule has 2 aromatic carbocycles. The van der Waals surface area contributed by atoms with Gasteiger partial charge in [0.05, 0.1) is 6.61 Å². The Kier molecular flexibility index (Phi) is 5.66. The van der Waals surface area contributed by atoms with Crippen molar-refractivity contribution < 1.29 is 9.53 Å². The van der Waals surface area contributed by atoms with E-state index in [-0.39, 0.29) is 5.91 Å². The Balaban J connectivity index is 1.80. The zero-order chi connectivity index (χ0) is 19.2. The minimum Gasteiger partial charge on any atom is -0.494 e. The van der Waals surface area contributed by atoms with Gasteiger partial charge >= 0.3 is 0 Å². The number of nitrogens with one attached hydrogen (secondary N) is 1. The first kappa shape index (κ1) is 18.4. The SMILES string of the molecule is CCOc1ccc(Nc2nc(C)cc(C(=O)N(C)c3ccccc3)n2)cc1. The van der Waals surface area contributed by atoms with Crippen molar-refractivity contribution in [1.82, 2.24) is 9.97 Å². The van der Waals surface area contributed by atoms with E-state index in [1.165, 1.54) is 0 Å². The number of benzene rings is 2. The zero-order valence-electron chi connectivity index (χ0n) is 15.6. The number of carbonyl (C=O) groups excluding carboxylic acids is 1. The van der Waals surface area contributed by atoms with Crippen molar-refractivity contribution in [3.63, 3.8) is 0 Å². The van der Waals surface area contributed by atoms with Gasteiger partial charge in [-0.05, 0) is 56.3 Å². The number of nitrogens with zero attached hydrogens (tertiary/aromatic N) is 3. The van der Waals surface area contributed by atoms with Crippen LogP contribution in [-0.4, -0.2) is 29.5 Å². The summed E-state index contributed by atoms with van der Waals surface area (Å²) in [6, 6.07) is 18.7. The number of aromatic nitrogens is 2. The van der Waals surface area contributed by atoms with Crippen molar-refractivity contribution in [2.75, 3.05) is 23.9 Å². The first-order valence-corrected chi connectivity index (χ1v) is 8.75. The molecule has 0 bridgehead atoms. The van der Waals surface area contributed by atoms with Crippen LogP contribution in [-0.2, 0) is 0 Å². The van der Waals surface area contributed by atoms with Gasteiger partial charge < -0.3 is 15.0 Å². The van der Waals surface area contributed by atoms with Crippen LogP contribution in [0.25, 0.3) is 0 Å². The van der Waals surface area contributed by atoms with E-state index in [9.17, 15) is 4.79 Å². The second-order valence-corrected chi connectivity index (χ2v) is 6.00. The summed E-state index contributed by atoms with van der Waals surface area (Å²) in [7, 11) is 1.73. The maximum Gasteiger partial charge on any atom is 0.276 e. The first-order chi connectivity index (χ1) is 13.1. The molecule has 0 aliphatic carbocycles. The molecule has 6 nitrogen and oxygen atoms in total. The number of ether oxygens (including phenoxy) is 1. The molecule has 0 spiro atoms. The lowest BCUT2D eigenvalue weighted by atomic mass is 10.2. The maximum atomic E-state index is 12.8. The molecule has 1 heterocycles. The number of amides is 1. The highest BCUT2D eigenvalue weighted by atomic mass is 16.5. The maximum absolute atomic E-state index is 12.8. The first-order valence-electron chi connectivity index (χ1n) is 8.75. The van der Waals surface area contributed by atoms with Gasteiger partial charge in [0.25, 0.3) is 5.91 Å². The minimum absolute atomic E-state index is 0.193. The second-order valence-electron chi connectivity index (χ2n) is 6.00. The van der Waals surface area contributed by atoms with Crippen molar-refractivity contribution in [2.24, 2.45) is 0 Å². The van der Waals surface area contributed by atoms with Gasteiger partial charge in [0.15, 0.2) is 0 Å². The lowest BCUT2D eigenvalue weighted by Gasteiger charge is -2.17. The zero-order valence-corrected chi connectivity index (χ0v) is 15.6. The van der Waals surface area contributed by atoms with Crippen molar-refractivity contribution >= 4 is 23.2 Å². The standard InChI is InChI=1S/C21H22N4O2/c1-4-27-18-12-10-16(11-13-18)23-21-22-15(2)14-19(24-21)20(26)25(3)17-8-6-5-7-9-17/h5-14H,4H2,1-3H3,(H,22,23,24). The van der Waals surface area contributed by atoms with Gasteiger partial charge in [-0.2, -0.15) is 0 Å². The molecule has 0 fully saturated rings. The highest BCUT2D eigenvalue weighted by Gasteiger charge is 2.16. The molecule has 1 amide bonds. The molecule has 0 aliphatic rings. The van der Waals surface area contributed by atoms with E-state index in [0.717, 1.165) is 17.1 Å². The molecule has 1 N–H and O–H groups in total. The highest BCUT2D eigenvalue weighted by molar-refractivity contribution is 6.04. The van der Waals surface area contributed by atoms with Crippen LogP contribution in [0.1, 0.15) is 23.1 Å². The predicted molar refractivity (Wildman–Crippen MR) is 107 cm³/mol. The van der Waals surface area contributed by atoms with E-state index in [2.05, 4.69) is 15.3 Å². The Morgan fingerprint density at radius 3 is 2.44 bits per heavy atom. The van der Waals surface area contributed by atoms with Gasteiger partial charge in [-0.25, -0.2) is 9.97 Å². The molecule has 0 aliphatic heterocycles. The van der Waals surface area contributed by atoms with E-state index in [1.54, 1.807) is 18.0 Å². The summed E-state index contributed by atoms with van der Waals surface area (Å²) in [5, 5.41) is 3.14. The summed E-state index contributed by atoms with van der Waals surface area (Å²) in [6.45, 7) is 4.40. The van der Waals surface area contributed by atoms with E-state index in [1.807, 2.05) is 68.4 Å². The van der Waals surface area contributed by atoms with Gasteiger partial charge in [0.2, 0.25) is 5.95 Å². The predicted octanol–water partition coefficient (Wildman–Crippen LogP) is 4.20. The summed E-state index contributed by atoms with van der Waals surface area (Å²) in [6.07, 6.45) is 0. The average molecular weight is 362 g/mol. The van der Waals surface area contributed by atoms with Crippen LogP contribution in [0.15, 0.2) is 60.7 Å². The van der Waals surface area contributed by atoms with E-state index in [4.69, 9.17) is 4.74 Å². The highest BCUT2D eigenvalue weighted by Crippen LogP contribution is 2.20. The minimum atomic E-state index is -0.193. The van der Waals surface area contributed by atoms with E-state index < -0.39 is 0 Å². The quantitative estimate of drug-likeness (QED) is 0.712. The second kappa shape index (κ2) is 8.31. The van der Waals surface area contributed by atoms with E-state index >= 15 is 0 Å². The fraction of sp³-hybridized carbons (Fsp3) is 0.190. The van der Waals surface area contributed by atoms with Crippen LogP contribution < -0.4 is 15.0 Å². The van der Waals surface area contributed by atoms with Crippen LogP contribution in [0.4, 0.5) is 17.3 Å². The molecular weight excluding hydrogens is 340 g/mol. The Bertz CT molecular complexity index is 911. The number of para-hydroxylation sites is 1. The third-order valence-electron chi connectivity index (χ3n) is 3.94. The molecule has 0 unspecified atom stereocenters. The van der Waals surface area contributed by atoms with E-state index in [0.29, 0.717) is 23.9 Å². The molecule has 1 aromatic heterocycles. The van der Waals surface area contributed by atoms with Crippen LogP contribution >= 0.6 is 0 Å². The van der Waals surface area contributed by atoms with Crippen molar-refractivity contribution in [3.8, 4) is 5.75 Å². The summed E-state index contributed by atoms with van der Waals surface area (Å²) in [4.78, 5) is 23.1. The summed E-state index contributed by atoms with van der Waals surface area (Å²) < 4.78 is 5.44. The van der Waals surface area contributed by atoms with Crippen LogP contribution in [0.5, 0.6) is 5.75 Å². The molecule has 6 heteroatoms. The lowest BCUT2D eigenvalue weighted by molar-refractivity contribution is 0.0988. The largest absolute Gasteiger partial charge is 0.494 e. The van der Waals surface area contributed by atoms with Crippen LogP contribution in [0.2, 0.25) is 0 Å². The Labute approximate surface area is 158 Å². The van der Waals surface area contributed by atoms with Crippen molar-refractivity contribution in [1.29, 1.82) is 0 Å². The number of hydrogen-bond donors (Lipinski definition) is 1. The molecule has 27 heavy (non-hydrogen) atoms. The monoisotopic (exact) mass is 362 g/mol. The Morgan fingerprint density at radius 2 is 1.78 bits per heavy atom. The van der Waals surface area contributed by atoms with Gasteiger partial charge in [0.1, 0.15) is 11.4 Å². The Morgan fingerprint density at radius 1 is 1.07 bits per heavy atom. The lowest BCUT2D eigenvalue weighted by Crippen LogP contribution is -2.27. The third kappa shape index (κ3) is 4.61. The fourth-order valence-corrected chi connectivity index (χ4v) is 2.60. The number of aryl methyl sites for hydroxylation is 1. The van der Waals surface area contributed by atoms with Crippen molar-refractivity contribution in [2.45, 2.75) is 13.8 Å². The van der Waals surface area contributed by atoms with Crippen LogP contribution in [0, 0.1) is 6.92 Å². The summed E-state index contributed by atoms with van der Waals surface area (Å²) in [5.41, 5.74) is 2.67. The number of hydrogen-bond acceptors (Lipinski definition) is 5. The molecule has 0 saturated heterocycles. The number of anilines is 3. The smallest absolute Gasteiger partial charge is 0.276 e. The summed E-state index contributed by atoms with van der Waals surface area (Å²) in [5.74, 6) is 0.985. The molecule has 3 rings (SSSR count). The molecule has 0 radical (unpaired) electrons. The normalized spacial score (nSPS) is 10.3. The van der Waals surface area contributed by atoms with Gasteiger partial charge in [-0.15, -0.1) is 0 Å². The van der Waals surface area contributed by atoms with Gasteiger partial charge in [-0.1, -0.05) is 18.2 Å². The van der Waals surface area contributed by atoms with Gasteiger partial charge in [-0.3, -0.25) is 4.79 Å². The Hall–Kier alpha value is -3.41.